The van der Waals surface area contributed by atoms with E-state index in [-0.39, 0.29) is 11.4 Å². The van der Waals surface area contributed by atoms with E-state index in [9.17, 15) is 23.1 Å². The van der Waals surface area contributed by atoms with Crippen LogP contribution in [0.4, 0.5) is 5.69 Å². The first-order valence-electron chi connectivity index (χ1n) is 8.46. The normalized spacial score (nSPS) is 23.3. The number of carbonyl (C=O) groups is 2. The molecule has 1 fully saturated rings. The Morgan fingerprint density at radius 1 is 1.15 bits per heavy atom. The number of amides is 1. The van der Waals surface area contributed by atoms with Crippen LogP contribution < -0.4 is 9.62 Å². The van der Waals surface area contributed by atoms with E-state index in [1.165, 1.54) is 6.07 Å². The van der Waals surface area contributed by atoms with Crippen LogP contribution in [0.25, 0.3) is 10.8 Å². The van der Waals surface area contributed by atoms with E-state index in [2.05, 4.69) is 5.32 Å². The van der Waals surface area contributed by atoms with Gasteiger partial charge in [0.15, 0.2) is 0 Å². The summed E-state index contributed by atoms with van der Waals surface area (Å²) in [5, 5.41) is 13.4. The fourth-order valence-electron chi connectivity index (χ4n) is 3.94. The van der Waals surface area contributed by atoms with Gasteiger partial charge in [0.25, 0.3) is 10.0 Å². The predicted molar refractivity (Wildman–Crippen MR) is 95.4 cm³/mol. The van der Waals surface area contributed by atoms with E-state index in [0.717, 1.165) is 16.1 Å². The first kappa shape index (κ1) is 16.8. The summed E-state index contributed by atoms with van der Waals surface area (Å²) in [6.45, 7) is -0.362. The van der Waals surface area contributed by atoms with Gasteiger partial charge in [0, 0.05) is 11.4 Å². The Morgan fingerprint density at radius 3 is 2.62 bits per heavy atom. The lowest BCUT2D eigenvalue weighted by Crippen LogP contribution is -2.45. The van der Waals surface area contributed by atoms with Crippen molar-refractivity contribution in [3.05, 3.63) is 36.4 Å². The van der Waals surface area contributed by atoms with Crippen molar-refractivity contribution >= 4 is 38.4 Å². The molecule has 2 atom stereocenters. The molecule has 2 aromatic carbocycles. The van der Waals surface area contributed by atoms with Crippen molar-refractivity contribution in [1.82, 2.24) is 5.32 Å². The van der Waals surface area contributed by atoms with Crippen molar-refractivity contribution in [2.24, 2.45) is 5.92 Å². The molecule has 2 aliphatic rings. The number of carboxylic acid groups (broad SMARTS) is 1. The number of carbonyl (C=O) groups excluding carboxylic acids is 1. The van der Waals surface area contributed by atoms with Gasteiger partial charge < -0.3 is 10.4 Å². The third-order valence-corrected chi connectivity index (χ3v) is 6.95. The molecule has 8 heteroatoms. The van der Waals surface area contributed by atoms with Crippen LogP contribution in [-0.2, 0) is 19.6 Å². The molecule has 0 radical (unpaired) electrons. The van der Waals surface area contributed by atoms with Crippen LogP contribution in [0.1, 0.15) is 19.3 Å². The molecule has 2 N–H and O–H groups in total. The second-order valence-electron chi connectivity index (χ2n) is 6.69. The third-order valence-electron chi connectivity index (χ3n) is 5.15. The number of anilines is 1. The summed E-state index contributed by atoms with van der Waals surface area (Å²) in [5.74, 6) is -2.04. The number of benzene rings is 2. The molecule has 0 aromatic heterocycles. The molecule has 26 heavy (non-hydrogen) atoms. The van der Waals surface area contributed by atoms with Crippen molar-refractivity contribution in [2.45, 2.75) is 30.2 Å². The summed E-state index contributed by atoms with van der Waals surface area (Å²) < 4.78 is 26.8. The zero-order chi connectivity index (χ0) is 18.5. The largest absolute Gasteiger partial charge is 0.481 e. The highest BCUT2D eigenvalue weighted by molar-refractivity contribution is 7.93. The van der Waals surface area contributed by atoms with Crippen molar-refractivity contribution in [3.8, 4) is 0 Å². The van der Waals surface area contributed by atoms with E-state index < -0.39 is 33.9 Å². The second kappa shape index (κ2) is 5.98. The van der Waals surface area contributed by atoms with Gasteiger partial charge in [-0.15, -0.1) is 0 Å². The summed E-state index contributed by atoms with van der Waals surface area (Å²) in [6.07, 6.45) is 1.84. The zero-order valence-electron chi connectivity index (χ0n) is 13.9. The van der Waals surface area contributed by atoms with Gasteiger partial charge in [0.1, 0.15) is 6.54 Å². The summed E-state index contributed by atoms with van der Waals surface area (Å²) in [7, 11) is -3.80. The Balaban J connectivity index is 1.60. The van der Waals surface area contributed by atoms with Gasteiger partial charge in [0.05, 0.1) is 16.5 Å². The van der Waals surface area contributed by atoms with Crippen LogP contribution >= 0.6 is 0 Å². The molecule has 136 valence electrons. The highest BCUT2D eigenvalue weighted by Crippen LogP contribution is 2.41. The topological polar surface area (TPSA) is 104 Å². The number of nitrogens with one attached hydrogen (secondary N) is 1. The van der Waals surface area contributed by atoms with Gasteiger partial charge in [-0.05, 0) is 30.4 Å². The van der Waals surface area contributed by atoms with E-state index in [1.54, 1.807) is 18.2 Å². The number of nitrogens with zero attached hydrogens (tertiary/aromatic N) is 1. The first-order chi connectivity index (χ1) is 12.4. The highest BCUT2D eigenvalue weighted by atomic mass is 32.2. The molecule has 7 nitrogen and oxygen atoms in total. The van der Waals surface area contributed by atoms with Crippen LogP contribution in [0, 0.1) is 5.92 Å². The molecule has 0 bridgehead atoms. The lowest BCUT2D eigenvalue weighted by atomic mass is 10.0. The Kier molecular flexibility index (Phi) is 3.87. The molecular weight excluding hydrogens is 356 g/mol. The van der Waals surface area contributed by atoms with Crippen LogP contribution in [0.3, 0.4) is 0 Å². The molecule has 1 amide bonds. The number of rotatable bonds is 4. The van der Waals surface area contributed by atoms with Crippen LogP contribution in [0.5, 0.6) is 0 Å². The van der Waals surface area contributed by atoms with Gasteiger partial charge in [-0.25, -0.2) is 8.42 Å². The zero-order valence-corrected chi connectivity index (χ0v) is 14.7. The Morgan fingerprint density at radius 2 is 1.88 bits per heavy atom. The summed E-state index contributed by atoms with van der Waals surface area (Å²) in [6, 6.07) is 9.86. The summed E-state index contributed by atoms with van der Waals surface area (Å²) >= 11 is 0. The summed E-state index contributed by atoms with van der Waals surface area (Å²) in [4.78, 5) is 23.9. The maximum absolute atomic E-state index is 12.9. The molecular formula is C18H18N2O5S. The van der Waals surface area contributed by atoms with E-state index in [1.807, 2.05) is 12.1 Å². The standard InChI is InChI=1S/C18H18N2O5S/c21-16(19-13-7-3-6-12(13)18(22)23)10-20-14-8-1-4-11-5-2-9-15(17(11)14)26(20,24)25/h1-2,4-5,8-9,12-13H,3,6-7,10H2,(H,19,21)(H,22,23)/t12-,13+/m1/s1. The first-order valence-corrected chi connectivity index (χ1v) is 9.90. The van der Waals surface area contributed by atoms with E-state index in [0.29, 0.717) is 23.9 Å². The smallest absolute Gasteiger partial charge is 0.308 e. The SMILES string of the molecule is O=C(CN1c2cccc3cccc(c23)S1(=O)=O)N[C@H]1CCC[C@H]1C(=O)O. The van der Waals surface area contributed by atoms with Crippen LogP contribution in [0.2, 0.25) is 0 Å². The number of aliphatic carboxylic acids is 1. The second-order valence-corrected chi connectivity index (χ2v) is 8.52. The van der Waals surface area contributed by atoms with Gasteiger partial charge in [-0.2, -0.15) is 0 Å². The van der Waals surface area contributed by atoms with Gasteiger partial charge in [-0.3, -0.25) is 13.9 Å². The molecule has 4 rings (SSSR count). The highest BCUT2D eigenvalue weighted by Gasteiger charge is 2.38. The fraction of sp³-hybridized carbons (Fsp3) is 0.333. The Bertz CT molecular complexity index is 1010. The van der Waals surface area contributed by atoms with Crippen molar-refractivity contribution in [1.29, 1.82) is 0 Å². The number of sulfonamides is 1. The fourth-order valence-corrected chi connectivity index (χ4v) is 5.61. The predicted octanol–water partition coefficient (Wildman–Crippen LogP) is 1.72. The molecule has 2 aromatic rings. The lowest BCUT2D eigenvalue weighted by molar-refractivity contribution is -0.142. The maximum Gasteiger partial charge on any atom is 0.308 e. The molecule has 1 heterocycles. The lowest BCUT2D eigenvalue weighted by Gasteiger charge is -2.22. The van der Waals surface area contributed by atoms with E-state index in [4.69, 9.17) is 0 Å². The number of hydrogen-bond donors (Lipinski definition) is 2. The van der Waals surface area contributed by atoms with Crippen molar-refractivity contribution in [3.63, 3.8) is 0 Å². The molecule has 0 spiro atoms. The molecule has 0 unspecified atom stereocenters. The van der Waals surface area contributed by atoms with Crippen LogP contribution in [-0.4, -0.2) is 38.0 Å². The quantitative estimate of drug-likeness (QED) is 0.848. The van der Waals surface area contributed by atoms with E-state index >= 15 is 0 Å². The minimum absolute atomic E-state index is 0.197. The molecule has 1 aliphatic carbocycles. The average molecular weight is 374 g/mol. The summed E-state index contributed by atoms with van der Waals surface area (Å²) in [5.41, 5.74) is 0.481. The van der Waals surface area contributed by atoms with Crippen LogP contribution in [0.15, 0.2) is 41.3 Å². The third kappa shape index (κ3) is 2.52. The molecule has 0 saturated heterocycles. The number of carboxylic acids is 1. The number of hydrogen-bond acceptors (Lipinski definition) is 4. The minimum atomic E-state index is -3.80. The van der Waals surface area contributed by atoms with Crippen molar-refractivity contribution in [2.75, 3.05) is 10.8 Å². The molecule has 1 saturated carbocycles. The van der Waals surface area contributed by atoms with Gasteiger partial charge in [-0.1, -0.05) is 30.7 Å². The Hall–Kier alpha value is -2.61. The minimum Gasteiger partial charge on any atom is -0.481 e. The Labute approximate surface area is 150 Å². The molecule has 1 aliphatic heterocycles. The van der Waals surface area contributed by atoms with Gasteiger partial charge in [0.2, 0.25) is 5.91 Å². The van der Waals surface area contributed by atoms with Gasteiger partial charge >= 0.3 is 5.97 Å². The maximum atomic E-state index is 12.9. The monoisotopic (exact) mass is 374 g/mol. The average Bonchev–Trinajstić information content (AvgIpc) is 3.14. The van der Waals surface area contributed by atoms with Crippen molar-refractivity contribution < 1.29 is 23.1 Å².